The van der Waals surface area contributed by atoms with Crippen molar-refractivity contribution in [1.82, 2.24) is 4.98 Å². The molecule has 2 atom stereocenters. The molecule has 2 rings (SSSR count). The molecule has 0 spiro atoms. The number of aliphatic carboxylic acids is 1. The molecule has 0 saturated heterocycles. The van der Waals surface area contributed by atoms with E-state index < -0.39 is 12.1 Å². The molecule has 2 unspecified atom stereocenters. The van der Waals surface area contributed by atoms with Crippen LogP contribution in [0, 0.1) is 5.92 Å². The number of carboxylic acids is 1. The maximum Gasteiger partial charge on any atom is 0.303 e. The number of hydrogen-bond acceptors (Lipinski definition) is 3. The summed E-state index contributed by atoms with van der Waals surface area (Å²) in [5.41, 5.74) is 1.87. The molecule has 1 aromatic heterocycles. The van der Waals surface area contributed by atoms with E-state index >= 15 is 0 Å². The lowest BCUT2D eigenvalue weighted by Gasteiger charge is -2.28. The minimum Gasteiger partial charge on any atom is -0.481 e. The molecular weight excluding hydrogens is 194 g/mol. The molecule has 0 saturated carbocycles. The molecule has 4 nitrogen and oxygen atoms in total. The molecule has 0 aliphatic heterocycles. The van der Waals surface area contributed by atoms with Crippen LogP contribution in [0.5, 0.6) is 0 Å². The largest absolute Gasteiger partial charge is 0.481 e. The minimum atomic E-state index is -0.850. The van der Waals surface area contributed by atoms with Crippen molar-refractivity contribution in [2.45, 2.75) is 25.4 Å². The zero-order chi connectivity index (χ0) is 10.8. The average molecular weight is 207 g/mol. The SMILES string of the molecule is O=C(O)CC1CCc2cnccc2C1O. The van der Waals surface area contributed by atoms with Gasteiger partial charge in [0.15, 0.2) is 0 Å². The molecule has 0 radical (unpaired) electrons. The van der Waals surface area contributed by atoms with Crippen molar-refractivity contribution in [3.05, 3.63) is 29.6 Å². The molecule has 0 fully saturated rings. The molecule has 0 bridgehead atoms. The zero-order valence-electron chi connectivity index (χ0n) is 8.26. The van der Waals surface area contributed by atoms with Gasteiger partial charge in [0.05, 0.1) is 12.5 Å². The summed E-state index contributed by atoms with van der Waals surface area (Å²) in [4.78, 5) is 14.6. The topological polar surface area (TPSA) is 70.4 Å². The third-order valence-electron chi connectivity index (χ3n) is 2.93. The Labute approximate surface area is 87.6 Å². The molecule has 2 N–H and O–H groups in total. The van der Waals surface area contributed by atoms with E-state index in [1.165, 1.54) is 0 Å². The van der Waals surface area contributed by atoms with Crippen molar-refractivity contribution in [1.29, 1.82) is 0 Å². The Morgan fingerprint density at radius 2 is 2.40 bits per heavy atom. The summed E-state index contributed by atoms with van der Waals surface area (Å²) in [7, 11) is 0. The van der Waals surface area contributed by atoms with Crippen LogP contribution < -0.4 is 0 Å². The molecule has 0 aromatic carbocycles. The number of aliphatic hydroxyl groups is 1. The summed E-state index contributed by atoms with van der Waals surface area (Å²) in [6.07, 6.45) is 4.27. The highest BCUT2D eigenvalue weighted by Gasteiger charge is 2.29. The predicted molar refractivity (Wildman–Crippen MR) is 53.3 cm³/mol. The van der Waals surface area contributed by atoms with Gasteiger partial charge in [-0.05, 0) is 36.0 Å². The van der Waals surface area contributed by atoms with Crippen molar-refractivity contribution in [2.75, 3.05) is 0 Å². The number of carboxylic acid groups (broad SMARTS) is 1. The molecule has 15 heavy (non-hydrogen) atoms. The Morgan fingerprint density at radius 3 is 3.13 bits per heavy atom. The number of carbonyl (C=O) groups is 1. The van der Waals surface area contributed by atoms with Crippen LogP contribution in [0.15, 0.2) is 18.5 Å². The quantitative estimate of drug-likeness (QED) is 0.763. The highest BCUT2D eigenvalue weighted by Crippen LogP contribution is 2.35. The van der Waals surface area contributed by atoms with Crippen molar-refractivity contribution in [2.24, 2.45) is 5.92 Å². The van der Waals surface area contributed by atoms with E-state index in [1.807, 2.05) is 0 Å². The number of aromatic nitrogens is 1. The molecule has 4 heteroatoms. The lowest BCUT2D eigenvalue weighted by atomic mass is 9.81. The highest BCUT2D eigenvalue weighted by molar-refractivity contribution is 5.67. The molecule has 1 aliphatic rings. The van der Waals surface area contributed by atoms with E-state index in [4.69, 9.17) is 5.11 Å². The average Bonchev–Trinajstić information content (AvgIpc) is 2.22. The van der Waals surface area contributed by atoms with Gasteiger partial charge in [0, 0.05) is 12.4 Å². The minimum absolute atomic E-state index is 0.0307. The van der Waals surface area contributed by atoms with Gasteiger partial charge < -0.3 is 10.2 Å². The van der Waals surface area contributed by atoms with Crippen molar-refractivity contribution < 1.29 is 15.0 Å². The third-order valence-corrected chi connectivity index (χ3v) is 2.93. The van der Waals surface area contributed by atoms with Crippen molar-refractivity contribution in [3.63, 3.8) is 0 Å². The maximum absolute atomic E-state index is 10.6. The number of nitrogens with zero attached hydrogens (tertiary/aromatic N) is 1. The summed E-state index contributed by atoms with van der Waals surface area (Å²) in [5.74, 6) is -1.02. The van der Waals surface area contributed by atoms with E-state index in [9.17, 15) is 9.90 Å². The standard InChI is InChI=1S/C11H13NO3/c13-10(14)5-7-1-2-8-6-12-4-3-9(8)11(7)15/h3-4,6-7,11,15H,1-2,5H2,(H,13,14). The Hall–Kier alpha value is -1.42. The highest BCUT2D eigenvalue weighted by atomic mass is 16.4. The fraction of sp³-hybridized carbons (Fsp3) is 0.455. The lowest BCUT2D eigenvalue weighted by molar-refractivity contribution is -0.139. The van der Waals surface area contributed by atoms with Crippen molar-refractivity contribution >= 4 is 5.97 Å². The van der Waals surface area contributed by atoms with Gasteiger partial charge in [-0.25, -0.2) is 0 Å². The Kier molecular flexibility index (Phi) is 2.68. The summed E-state index contributed by atoms with van der Waals surface area (Å²) in [6.45, 7) is 0. The van der Waals surface area contributed by atoms with Crippen LogP contribution in [-0.2, 0) is 11.2 Å². The second kappa shape index (κ2) is 3.98. The fourth-order valence-electron chi connectivity index (χ4n) is 2.13. The zero-order valence-corrected chi connectivity index (χ0v) is 8.26. The Morgan fingerprint density at radius 1 is 1.60 bits per heavy atom. The van der Waals surface area contributed by atoms with Gasteiger partial charge in [0.25, 0.3) is 0 Å². The van der Waals surface area contributed by atoms with E-state index in [0.29, 0.717) is 6.42 Å². The molecule has 1 heterocycles. The van der Waals surface area contributed by atoms with Crippen LogP contribution in [0.3, 0.4) is 0 Å². The van der Waals surface area contributed by atoms with Crippen LogP contribution in [0.4, 0.5) is 0 Å². The number of fused-ring (bicyclic) bond motifs is 1. The lowest BCUT2D eigenvalue weighted by Crippen LogP contribution is -2.23. The Balaban J connectivity index is 2.22. The van der Waals surface area contributed by atoms with Gasteiger partial charge in [0.1, 0.15) is 0 Å². The molecule has 1 aromatic rings. The summed E-state index contributed by atoms with van der Waals surface area (Å²) in [5, 5.41) is 18.7. The summed E-state index contributed by atoms with van der Waals surface area (Å²) in [6, 6.07) is 1.77. The monoisotopic (exact) mass is 207 g/mol. The first kappa shape index (κ1) is 10.1. The van der Waals surface area contributed by atoms with Gasteiger partial charge in [-0.1, -0.05) is 0 Å². The molecule has 0 amide bonds. The summed E-state index contributed by atoms with van der Waals surface area (Å²) < 4.78 is 0. The normalized spacial score (nSPS) is 24.6. The van der Waals surface area contributed by atoms with Crippen LogP contribution in [0.25, 0.3) is 0 Å². The van der Waals surface area contributed by atoms with Gasteiger partial charge in [-0.3, -0.25) is 9.78 Å². The molecular formula is C11H13NO3. The smallest absolute Gasteiger partial charge is 0.303 e. The van der Waals surface area contributed by atoms with Gasteiger partial charge in [-0.2, -0.15) is 0 Å². The van der Waals surface area contributed by atoms with Crippen LogP contribution in [0.1, 0.15) is 30.1 Å². The van der Waals surface area contributed by atoms with Crippen LogP contribution in [0.2, 0.25) is 0 Å². The number of hydrogen-bond donors (Lipinski definition) is 2. The molecule has 80 valence electrons. The fourth-order valence-corrected chi connectivity index (χ4v) is 2.13. The number of aryl methyl sites for hydroxylation is 1. The predicted octanol–water partition coefficient (Wildman–Crippen LogP) is 1.15. The van der Waals surface area contributed by atoms with E-state index in [0.717, 1.165) is 17.5 Å². The van der Waals surface area contributed by atoms with Gasteiger partial charge >= 0.3 is 5.97 Å². The van der Waals surface area contributed by atoms with E-state index in [2.05, 4.69) is 4.98 Å². The second-order valence-corrected chi connectivity index (χ2v) is 3.92. The van der Waals surface area contributed by atoms with Gasteiger partial charge in [0.2, 0.25) is 0 Å². The number of aliphatic hydroxyl groups excluding tert-OH is 1. The Bertz CT molecular complexity index is 378. The summed E-state index contributed by atoms with van der Waals surface area (Å²) >= 11 is 0. The van der Waals surface area contributed by atoms with Crippen LogP contribution >= 0.6 is 0 Å². The van der Waals surface area contributed by atoms with E-state index in [1.54, 1.807) is 18.5 Å². The first-order valence-electron chi connectivity index (χ1n) is 5.01. The second-order valence-electron chi connectivity index (χ2n) is 3.92. The third kappa shape index (κ3) is 1.99. The van der Waals surface area contributed by atoms with Crippen LogP contribution in [-0.4, -0.2) is 21.2 Å². The van der Waals surface area contributed by atoms with Gasteiger partial charge in [-0.15, -0.1) is 0 Å². The maximum atomic E-state index is 10.6. The van der Waals surface area contributed by atoms with E-state index in [-0.39, 0.29) is 12.3 Å². The number of pyridine rings is 1. The van der Waals surface area contributed by atoms with Crippen molar-refractivity contribution in [3.8, 4) is 0 Å². The first-order valence-corrected chi connectivity index (χ1v) is 5.01. The number of rotatable bonds is 2. The molecule has 1 aliphatic carbocycles. The first-order chi connectivity index (χ1) is 7.18.